The van der Waals surface area contributed by atoms with Gasteiger partial charge in [-0.15, -0.1) is 0 Å². The van der Waals surface area contributed by atoms with Crippen molar-refractivity contribution in [3.8, 4) is 11.3 Å². The van der Waals surface area contributed by atoms with Crippen LogP contribution in [-0.2, 0) is 13.6 Å². The number of benzene rings is 1. The second-order valence-electron chi connectivity index (χ2n) is 5.96. The minimum Gasteiger partial charge on any atom is -0.311 e. The first-order valence-corrected chi connectivity index (χ1v) is 7.40. The van der Waals surface area contributed by atoms with Gasteiger partial charge in [-0.05, 0) is 31.5 Å². The molecule has 21 heavy (non-hydrogen) atoms. The summed E-state index contributed by atoms with van der Waals surface area (Å²) >= 11 is 0. The molecule has 0 radical (unpaired) electrons. The molecule has 0 saturated carbocycles. The maximum atomic E-state index is 12.5. The molecule has 1 N–H and O–H groups in total. The van der Waals surface area contributed by atoms with Crippen LogP contribution in [0.25, 0.3) is 11.3 Å². The quantitative estimate of drug-likeness (QED) is 0.935. The Morgan fingerprint density at radius 1 is 1.14 bits per heavy atom. The summed E-state index contributed by atoms with van der Waals surface area (Å²) in [5.74, 6) is 0. The zero-order chi connectivity index (χ0) is 15.6. The van der Waals surface area contributed by atoms with E-state index in [0.29, 0.717) is 12.6 Å². The highest BCUT2D eigenvalue weighted by Gasteiger charge is 2.10. The molecule has 112 valence electrons. The summed E-state index contributed by atoms with van der Waals surface area (Å²) in [7, 11) is 1.85. The highest BCUT2D eigenvalue weighted by Crippen LogP contribution is 2.23. The number of nitrogens with zero attached hydrogens (tertiary/aromatic N) is 1. The van der Waals surface area contributed by atoms with Crippen LogP contribution in [-0.4, -0.2) is 10.6 Å². The maximum Gasteiger partial charge on any atom is 0.255 e. The molecule has 2 rings (SSSR count). The van der Waals surface area contributed by atoms with Gasteiger partial charge in [0, 0.05) is 30.8 Å². The lowest BCUT2D eigenvalue weighted by Crippen LogP contribution is -2.29. The molecule has 0 unspecified atom stereocenters. The van der Waals surface area contributed by atoms with Gasteiger partial charge in [-0.2, -0.15) is 0 Å². The minimum absolute atomic E-state index is 0.0709. The Labute approximate surface area is 126 Å². The van der Waals surface area contributed by atoms with Crippen molar-refractivity contribution < 1.29 is 0 Å². The van der Waals surface area contributed by atoms with Crippen LogP contribution in [0.5, 0.6) is 0 Å². The van der Waals surface area contributed by atoms with Crippen molar-refractivity contribution in [3.63, 3.8) is 0 Å². The van der Waals surface area contributed by atoms with E-state index in [-0.39, 0.29) is 5.56 Å². The molecule has 2 aromatic rings. The molecule has 1 aromatic heterocycles. The van der Waals surface area contributed by atoms with E-state index in [0.717, 1.165) is 16.8 Å². The Kier molecular flexibility index (Phi) is 4.63. The van der Waals surface area contributed by atoms with Crippen LogP contribution in [0.4, 0.5) is 0 Å². The molecule has 3 heteroatoms. The molecule has 0 atom stereocenters. The van der Waals surface area contributed by atoms with E-state index in [1.807, 2.05) is 19.2 Å². The molecule has 0 saturated heterocycles. The third-order valence-electron chi connectivity index (χ3n) is 3.75. The van der Waals surface area contributed by atoms with E-state index < -0.39 is 0 Å². The number of hydrogen-bond acceptors (Lipinski definition) is 2. The Morgan fingerprint density at radius 2 is 1.86 bits per heavy atom. The minimum atomic E-state index is 0.0709. The normalized spacial score (nSPS) is 11.1. The largest absolute Gasteiger partial charge is 0.311 e. The van der Waals surface area contributed by atoms with Gasteiger partial charge in [-0.1, -0.05) is 37.6 Å². The molecule has 0 aliphatic carbocycles. The third-order valence-corrected chi connectivity index (χ3v) is 3.75. The van der Waals surface area contributed by atoms with Gasteiger partial charge in [-0.25, -0.2) is 0 Å². The highest BCUT2D eigenvalue weighted by molar-refractivity contribution is 5.65. The van der Waals surface area contributed by atoms with Gasteiger partial charge in [0.15, 0.2) is 0 Å². The van der Waals surface area contributed by atoms with Crippen LogP contribution < -0.4 is 10.9 Å². The first-order valence-electron chi connectivity index (χ1n) is 7.40. The van der Waals surface area contributed by atoms with E-state index in [1.165, 1.54) is 11.1 Å². The molecule has 3 nitrogen and oxygen atoms in total. The summed E-state index contributed by atoms with van der Waals surface area (Å²) in [4.78, 5) is 12.5. The molecule has 0 aliphatic heterocycles. The van der Waals surface area contributed by atoms with Crippen LogP contribution >= 0.6 is 0 Å². The molecule has 0 aliphatic rings. The van der Waals surface area contributed by atoms with Crippen molar-refractivity contribution in [2.45, 2.75) is 40.3 Å². The lowest BCUT2D eigenvalue weighted by Gasteiger charge is -2.14. The van der Waals surface area contributed by atoms with Gasteiger partial charge in [-0.3, -0.25) is 4.79 Å². The van der Waals surface area contributed by atoms with Gasteiger partial charge in [0.1, 0.15) is 0 Å². The Hall–Kier alpha value is -1.87. The zero-order valence-corrected chi connectivity index (χ0v) is 13.5. The summed E-state index contributed by atoms with van der Waals surface area (Å²) in [5.41, 5.74) is 5.35. The second-order valence-corrected chi connectivity index (χ2v) is 5.96. The number of hydrogen-bond donors (Lipinski definition) is 1. The van der Waals surface area contributed by atoms with Crippen LogP contribution in [0.15, 0.2) is 35.1 Å². The number of pyridine rings is 1. The number of aryl methyl sites for hydroxylation is 2. The van der Waals surface area contributed by atoms with Gasteiger partial charge < -0.3 is 9.88 Å². The predicted molar refractivity (Wildman–Crippen MR) is 88.6 cm³/mol. The average Bonchev–Trinajstić information content (AvgIpc) is 2.43. The number of rotatable bonds is 4. The first kappa shape index (κ1) is 15.5. The van der Waals surface area contributed by atoms with Crippen molar-refractivity contribution in [1.82, 2.24) is 9.88 Å². The van der Waals surface area contributed by atoms with Crippen LogP contribution in [0.2, 0.25) is 0 Å². The molecule has 1 aromatic carbocycles. The molecule has 1 heterocycles. The van der Waals surface area contributed by atoms with Crippen molar-refractivity contribution in [1.29, 1.82) is 0 Å². The Balaban J connectivity index is 2.45. The second kappa shape index (κ2) is 6.27. The molecule has 0 bridgehead atoms. The summed E-state index contributed by atoms with van der Waals surface area (Å²) in [6.45, 7) is 8.91. The first-order chi connectivity index (χ1) is 9.90. The Morgan fingerprint density at radius 3 is 2.52 bits per heavy atom. The summed E-state index contributed by atoms with van der Waals surface area (Å²) in [6, 6.07) is 10.7. The fourth-order valence-corrected chi connectivity index (χ4v) is 2.42. The zero-order valence-electron chi connectivity index (χ0n) is 13.5. The third kappa shape index (κ3) is 3.42. The van der Waals surface area contributed by atoms with Gasteiger partial charge in [0.2, 0.25) is 0 Å². The number of nitrogens with one attached hydrogen (secondary N) is 1. The molecule has 0 amide bonds. The molecular formula is C18H24N2O. The van der Waals surface area contributed by atoms with Crippen molar-refractivity contribution in [2.24, 2.45) is 7.05 Å². The summed E-state index contributed by atoms with van der Waals surface area (Å²) < 4.78 is 1.75. The van der Waals surface area contributed by atoms with Gasteiger partial charge in [0.05, 0.1) is 5.69 Å². The maximum absolute atomic E-state index is 12.5. The summed E-state index contributed by atoms with van der Waals surface area (Å²) in [6.07, 6.45) is 0. The van der Waals surface area contributed by atoms with E-state index in [1.54, 1.807) is 4.57 Å². The van der Waals surface area contributed by atoms with Crippen molar-refractivity contribution in [3.05, 3.63) is 57.4 Å². The number of aromatic nitrogens is 1. The fraction of sp³-hybridized carbons (Fsp3) is 0.389. The summed E-state index contributed by atoms with van der Waals surface area (Å²) in [5, 5.41) is 3.30. The monoisotopic (exact) mass is 284 g/mol. The van der Waals surface area contributed by atoms with Crippen LogP contribution in [0, 0.1) is 13.8 Å². The molecule has 0 spiro atoms. The van der Waals surface area contributed by atoms with E-state index in [2.05, 4.69) is 51.2 Å². The smallest absolute Gasteiger partial charge is 0.255 e. The lowest BCUT2D eigenvalue weighted by molar-refractivity contribution is 0.583. The van der Waals surface area contributed by atoms with Crippen molar-refractivity contribution in [2.75, 3.05) is 0 Å². The highest BCUT2D eigenvalue weighted by atomic mass is 16.1. The van der Waals surface area contributed by atoms with Crippen molar-refractivity contribution >= 4 is 0 Å². The SMILES string of the molecule is Cc1ccc(C)c(-c2ccc(CNC(C)C)c(=O)n2C)c1. The standard InChI is InChI=1S/C18H24N2O/c1-12(2)19-11-15-8-9-17(20(5)18(15)21)16-10-13(3)6-7-14(16)4/h6-10,12,19H,11H2,1-5H3. The van der Waals surface area contributed by atoms with E-state index in [9.17, 15) is 4.79 Å². The van der Waals surface area contributed by atoms with Crippen LogP contribution in [0.3, 0.4) is 0 Å². The van der Waals surface area contributed by atoms with E-state index in [4.69, 9.17) is 0 Å². The molecular weight excluding hydrogens is 260 g/mol. The molecule has 0 fully saturated rings. The van der Waals surface area contributed by atoms with Crippen LogP contribution in [0.1, 0.15) is 30.5 Å². The topological polar surface area (TPSA) is 34.0 Å². The Bertz CT molecular complexity index is 699. The van der Waals surface area contributed by atoms with Gasteiger partial charge in [0.25, 0.3) is 5.56 Å². The predicted octanol–water partition coefficient (Wildman–Crippen LogP) is 3.17. The van der Waals surface area contributed by atoms with Gasteiger partial charge >= 0.3 is 0 Å². The fourth-order valence-electron chi connectivity index (χ4n) is 2.42. The lowest BCUT2D eigenvalue weighted by atomic mass is 10.0. The van der Waals surface area contributed by atoms with E-state index >= 15 is 0 Å². The average molecular weight is 284 g/mol.